The highest BCUT2D eigenvalue weighted by Crippen LogP contribution is 2.41. The van der Waals surface area contributed by atoms with Gasteiger partial charge in [-0.2, -0.15) is 0 Å². The van der Waals surface area contributed by atoms with Crippen LogP contribution in [-0.4, -0.2) is 6.29 Å². The first-order valence-electron chi connectivity index (χ1n) is 4.66. The molecule has 0 aromatic carbocycles. The van der Waals surface area contributed by atoms with E-state index in [2.05, 4.69) is 20.8 Å². The van der Waals surface area contributed by atoms with Crippen molar-refractivity contribution in [2.24, 2.45) is 23.7 Å². The first-order valence-corrected chi connectivity index (χ1v) is 4.66. The Morgan fingerprint density at radius 2 is 2.00 bits per heavy atom. The average molecular weight is 154 g/mol. The second-order valence-corrected chi connectivity index (χ2v) is 3.98. The van der Waals surface area contributed by atoms with Gasteiger partial charge in [0, 0.05) is 5.92 Å². The summed E-state index contributed by atoms with van der Waals surface area (Å²) in [5, 5.41) is 0. The molecule has 0 saturated heterocycles. The molecule has 1 fully saturated rings. The van der Waals surface area contributed by atoms with Gasteiger partial charge in [0.25, 0.3) is 0 Å². The van der Waals surface area contributed by atoms with Gasteiger partial charge in [-0.05, 0) is 24.2 Å². The molecule has 0 heterocycles. The van der Waals surface area contributed by atoms with Crippen LogP contribution in [0.2, 0.25) is 0 Å². The van der Waals surface area contributed by atoms with Crippen molar-refractivity contribution in [3.05, 3.63) is 0 Å². The van der Waals surface area contributed by atoms with Crippen LogP contribution in [0.5, 0.6) is 0 Å². The lowest BCUT2D eigenvalue weighted by Crippen LogP contribution is -2.16. The molecule has 0 N–H and O–H groups in total. The van der Waals surface area contributed by atoms with Gasteiger partial charge in [-0.1, -0.05) is 27.2 Å². The van der Waals surface area contributed by atoms with E-state index in [1.807, 2.05) is 0 Å². The summed E-state index contributed by atoms with van der Waals surface area (Å²) in [6.45, 7) is 6.66. The summed E-state index contributed by atoms with van der Waals surface area (Å²) < 4.78 is 0. The molecule has 1 rings (SSSR count). The lowest BCUT2D eigenvalue weighted by Gasteiger charge is -2.17. The summed E-state index contributed by atoms with van der Waals surface area (Å²) in [6.07, 6.45) is 3.57. The smallest absolute Gasteiger partial charge is 0.123 e. The predicted octanol–water partition coefficient (Wildman–Crippen LogP) is 2.50. The number of hydrogen-bond acceptors (Lipinski definition) is 1. The third kappa shape index (κ3) is 1.47. The van der Waals surface area contributed by atoms with Gasteiger partial charge in [0.05, 0.1) is 0 Å². The topological polar surface area (TPSA) is 17.1 Å². The Bertz CT molecular complexity index is 142. The summed E-state index contributed by atoms with van der Waals surface area (Å²) in [5.41, 5.74) is 0. The van der Waals surface area contributed by atoms with Crippen molar-refractivity contribution in [3.63, 3.8) is 0 Å². The van der Waals surface area contributed by atoms with Crippen LogP contribution in [0, 0.1) is 23.7 Å². The molecule has 0 spiro atoms. The Hall–Kier alpha value is -0.330. The lowest BCUT2D eigenvalue weighted by atomic mass is 9.87. The maximum Gasteiger partial charge on any atom is 0.123 e. The van der Waals surface area contributed by atoms with Crippen molar-refractivity contribution < 1.29 is 4.79 Å². The minimum absolute atomic E-state index is 0.343. The maximum atomic E-state index is 10.7. The Kier molecular flexibility index (Phi) is 2.69. The van der Waals surface area contributed by atoms with Crippen molar-refractivity contribution >= 4 is 6.29 Å². The minimum atomic E-state index is 0.343. The normalized spacial score (nSPS) is 44.3. The van der Waals surface area contributed by atoms with Gasteiger partial charge in [-0.3, -0.25) is 0 Å². The van der Waals surface area contributed by atoms with Crippen LogP contribution in [0.3, 0.4) is 0 Å². The zero-order chi connectivity index (χ0) is 8.43. The molecule has 0 bridgehead atoms. The molecule has 1 aliphatic carbocycles. The summed E-state index contributed by atoms with van der Waals surface area (Å²) in [7, 11) is 0. The van der Waals surface area contributed by atoms with E-state index in [0.29, 0.717) is 17.8 Å². The van der Waals surface area contributed by atoms with Crippen molar-refractivity contribution in [1.29, 1.82) is 0 Å². The first-order chi connectivity index (χ1) is 5.20. The summed E-state index contributed by atoms with van der Waals surface area (Å²) in [6, 6.07) is 0. The highest BCUT2D eigenvalue weighted by molar-refractivity contribution is 5.55. The standard InChI is InChI=1S/C10H18O/c1-4-9-7(2)5-8(3)10(9)6-11/h6-10H,4-5H2,1-3H3/t7-,8+,9+,10+/m0/s1. The third-order valence-electron chi connectivity index (χ3n) is 3.25. The Morgan fingerprint density at radius 1 is 1.36 bits per heavy atom. The van der Waals surface area contributed by atoms with Crippen LogP contribution in [0.1, 0.15) is 33.6 Å². The molecule has 64 valence electrons. The molecule has 1 aliphatic rings. The highest BCUT2D eigenvalue weighted by atomic mass is 16.1. The Balaban J connectivity index is 2.66. The molecule has 11 heavy (non-hydrogen) atoms. The first kappa shape index (κ1) is 8.76. The van der Waals surface area contributed by atoms with Gasteiger partial charge in [0.15, 0.2) is 0 Å². The zero-order valence-electron chi connectivity index (χ0n) is 7.71. The average Bonchev–Trinajstić information content (AvgIpc) is 2.24. The van der Waals surface area contributed by atoms with Crippen molar-refractivity contribution in [1.82, 2.24) is 0 Å². The molecule has 0 aromatic heterocycles. The van der Waals surface area contributed by atoms with Gasteiger partial charge in [-0.15, -0.1) is 0 Å². The second-order valence-electron chi connectivity index (χ2n) is 3.98. The van der Waals surface area contributed by atoms with Crippen LogP contribution in [-0.2, 0) is 4.79 Å². The van der Waals surface area contributed by atoms with E-state index in [0.717, 1.165) is 12.3 Å². The largest absolute Gasteiger partial charge is 0.303 e. The van der Waals surface area contributed by atoms with E-state index in [-0.39, 0.29) is 0 Å². The van der Waals surface area contributed by atoms with Gasteiger partial charge >= 0.3 is 0 Å². The lowest BCUT2D eigenvalue weighted by molar-refractivity contribution is -0.113. The van der Waals surface area contributed by atoms with E-state index in [9.17, 15) is 4.79 Å². The van der Waals surface area contributed by atoms with Crippen molar-refractivity contribution in [2.75, 3.05) is 0 Å². The third-order valence-corrected chi connectivity index (χ3v) is 3.25. The molecule has 1 nitrogen and oxygen atoms in total. The number of carbonyl (C=O) groups is 1. The van der Waals surface area contributed by atoms with Crippen LogP contribution in [0.15, 0.2) is 0 Å². The molecular formula is C10H18O. The predicted molar refractivity (Wildman–Crippen MR) is 46.3 cm³/mol. The molecule has 0 unspecified atom stereocenters. The quantitative estimate of drug-likeness (QED) is 0.558. The number of hydrogen-bond donors (Lipinski definition) is 0. The summed E-state index contributed by atoms with van der Waals surface area (Å²) in [5.74, 6) is 2.37. The number of aldehydes is 1. The van der Waals surface area contributed by atoms with Gasteiger partial charge in [-0.25, -0.2) is 0 Å². The fraction of sp³-hybridized carbons (Fsp3) is 0.900. The molecule has 0 aliphatic heterocycles. The summed E-state index contributed by atoms with van der Waals surface area (Å²) >= 11 is 0. The molecular weight excluding hydrogens is 136 g/mol. The van der Waals surface area contributed by atoms with E-state index in [4.69, 9.17) is 0 Å². The number of carbonyl (C=O) groups excluding carboxylic acids is 1. The molecule has 1 heteroatoms. The minimum Gasteiger partial charge on any atom is -0.303 e. The monoisotopic (exact) mass is 154 g/mol. The Labute approximate surface area is 69.2 Å². The number of rotatable bonds is 2. The van der Waals surface area contributed by atoms with Crippen LogP contribution in [0.25, 0.3) is 0 Å². The van der Waals surface area contributed by atoms with Gasteiger partial charge in [0.2, 0.25) is 0 Å². The maximum absolute atomic E-state index is 10.7. The van der Waals surface area contributed by atoms with Gasteiger partial charge < -0.3 is 4.79 Å². The molecule has 0 amide bonds. The van der Waals surface area contributed by atoms with Crippen LogP contribution in [0.4, 0.5) is 0 Å². The second kappa shape index (κ2) is 3.38. The Morgan fingerprint density at radius 3 is 2.36 bits per heavy atom. The highest BCUT2D eigenvalue weighted by Gasteiger charge is 2.36. The van der Waals surface area contributed by atoms with E-state index < -0.39 is 0 Å². The van der Waals surface area contributed by atoms with Gasteiger partial charge in [0.1, 0.15) is 6.29 Å². The van der Waals surface area contributed by atoms with E-state index in [1.165, 1.54) is 12.7 Å². The summed E-state index contributed by atoms with van der Waals surface area (Å²) in [4.78, 5) is 10.7. The molecule has 0 radical (unpaired) electrons. The molecule has 4 atom stereocenters. The van der Waals surface area contributed by atoms with E-state index in [1.54, 1.807) is 0 Å². The zero-order valence-corrected chi connectivity index (χ0v) is 7.71. The van der Waals surface area contributed by atoms with E-state index >= 15 is 0 Å². The SMILES string of the molecule is CC[C@H]1[C@H](C=O)[C@H](C)C[C@@H]1C. The fourth-order valence-corrected chi connectivity index (χ4v) is 2.63. The molecule has 1 saturated carbocycles. The van der Waals surface area contributed by atoms with Crippen molar-refractivity contribution in [3.8, 4) is 0 Å². The van der Waals surface area contributed by atoms with Crippen LogP contribution < -0.4 is 0 Å². The van der Waals surface area contributed by atoms with Crippen molar-refractivity contribution in [2.45, 2.75) is 33.6 Å². The molecule has 0 aromatic rings. The van der Waals surface area contributed by atoms with Crippen LogP contribution >= 0.6 is 0 Å². The fourth-order valence-electron chi connectivity index (χ4n) is 2.63.